The number of hydrogen-bond acceptors (Lipinski definition) is 4. The monoisotopic (exact) mass is 390 g/mol. The fraction of sp³-hybridized carbons (Fsp3) is 0.263. The fourth-order valence-corrected chi connectivity index (χ4v) is 3.74. The summed E-state index contributed by atoms with van der Waals surface area (Å²) < 4.78 is 26.1. The van der Waals surface area contributed by atoms with Crippen molar-refractivity contribution in [1.29, 1.82) is 0 Å². The van der Waals surface area contributed by atoms with Crippen molar-refractivity contribution in [2.75, 3.05) is 7.05 Å². The number of amides is 1. The van der Waals surface area contributed by atoms with Gasteiger partial charge in [-0.2, -0.15) is 4.31 Å². The van der Waals surface area contributed by atoms with Crippen LogP contribution in [0.25, 0.3) is 0 Å². The minimum absolute atomic E-state index is 0.0630. The van der Waals surface area contributed by atoms with Gasteiger partial charge in [0.15, 0.2) is 6.04 Å². The maximum atomic E-state index is 12.5. The summed E-state index contributed by atoms with van der Waals surface area (Å²) in [5.41, 5.74) is 0.611. The Hall–Kier alpha value is -2.71. The zero-order valence-electron chi connectivity index (χ0n) is 15.3. The number of nitrogens with one attached hydrogen (secondary N) is 1. The number of carboxylic acid groups (broad SMARTS) is 1. The number of aliphatic carboxylic acids is 1. The molecule has 1 amide bonds. The van der Waals surface area contributed by atoms with Crippen LogP contribution in [0.1, 0.15) is 35.8 Å². The van der Waals surface area contributed by atoms with Gasteiger partial charge < -0.3 is 10.4 Å². The second-order valence-corrected chi connectivity index (χ2v) is 8.29. The molecule has 0 aliphatic carbocycles. The molecule has 0 radical (unpaired) electrons. The maximum absolute atomic E-state index is 12.5. The third-order valence-corrected chi connectivity index (χ3v) is 6.22. The maximum Gasteiger partial charge on any atom is 0.330 e. The molecule has 0 aliphatic heterocycles. The molecule has 27 heavy (non-hydrogen) atoms. The number of benzene rings is 2. The van der Waals surface area contributed by atoms with Crippen LogP contribution in [0.4, 0.5) is 0 Å². The van der Waals surface area contributed by atoms with Crippen molar-refractivity contribution in [2.24, 2.45) is 0 Å². The Morgan fingerprint density at radius 1 is 1.00 bits per heavy atom. The molecule has 7 nitrogen and oxygen atoms in total. The van der Waals surface area contributed by atoms with E-state index in [4.69, 9.17) is 0 Å². The third-order valence-electron chi connectivity index (χ3n) is 4.18. The van der Waals surface area contributed by atoms with Crippen LogP contribution in [0, 0.1) is 0 Å². The van der Waals surface area contributed by atoms with Crippen LogP contribution in [0.15, 0.2) is 59.5 Å². The van der Waals surface area contributed by atoms with E-state index in [-0.39, 0.29) is 16.5 Å². The van der Waals surface area contributed by atoms with E-state index in [1.54, 1.807) is 44.2 Å². The molecule has 144 valence electrons. The summed E-state index contributed by atoms with van der Waals surface area (Å²) in [4.78, 5) is 24.0. The van der Waals surface area contributed by atoms with Gasteiger partial charge in [0.2, 0.25) is 10.0 Å². The topological polar surface area (TPSA) is 104 Å². The minimum atomic E-state index is -3.65. The second kappa shape index (κ2) is 8.32. The van der Waals surface area contributed by atoms with E-state index in [2.05, 4.69) is 5.32 Å². The van der Waals surface area contributed by atoms with Crippen molar-refractivity contribution < 1.29 is 23.1 Å². The van der Waals surface area contributed by atoms with E-state index in [9.17, 15) is 23.1 Å². The number of rotatable bonds is 7. The first-order valence-corrected chi connectivity index (χ1v) is 9.75. The summed E-state index contributed by atoms with van der Waals surface area (Å²) in [5, 5.41) is 11.8. The Bertz CT molecular complexity index is 909. The minimum Gasteiger partial charge on any atom is -0.479 e. The van der Waals surface area contributed by atoms with Crippen molar-refractivity contribution in [3.05, 3.63) is 65.7 Å². The number of carboxylic acids is 1. The highest BCUT2D eigenvalue weighted by Gasteiger charge is 2.25. The van der Waals surface area contributed by atoms with Gasteiger partial charge in [0.1, 0.15) is 0 Å². The van der Waals surface area contributed by atoms with E-state index < -0.39 is 27.9 Å². The molecule has 8 heteroatoms. The van der Waals surface area contributed by atoms with E-state index >= 15 is 0 Å². The van der Waals surface area contributed by atoms with Gasteiger partial charge in [0.25, 0.3) is 5.91 Å². The molecule has 0 bridgehead atoms. The third kappa shape index (κ3) is 4.72. The summed E-state index contributed by atoms with van der Waals surface area (Å²) in [6.07, 6.45) is 0. The van der Waals surface area contributed by atoms with Crippen LogP contribution in [0.3, 0.4) is 0 Å². The Morgan fingerprint density at radius 2 is 1.56 bits per heavy atom. The normalized spacial score (nSPS) is 12.8. The molecule has 1 unspecified atom stereocenters. The zero-order chi connectivity index (χ0) is 20.2. The van der Waals surface area contributed by atoms with Gasteiger partial charge in [0.05, 0.1) is 4.90 Å². The summed E-state index contributed by atoms with van der Waals surface area (Å²) in [6, 6.07) is 12.3. The zero-order valence-corrected chi connectivity index (χ0v) is 16.1. The van der Waals surface area contributed by atoms with E-state index in [0.29, 0.717) is 5.56 Å². The molecule has 0 heterocycles. The molecule has 1 atom stereocenters. The van der Waals surface area contributed by atoms with Gasteiger partial charge in [-0.25, -0.2) is 13.2 Å². The first-order valence-electron chi connectivity index (χ1n) is 8.31. The molecule has 2 N–H and O–H groups in total. The Morgan fingerprint density at radius 3 is 2.04 bits per heavy atom. The van der Waals surface area contributed by atoms with Gasteiger partial charge >= 0.3 is 5.97 Å². The van der Waals surface area contributed by atoms with Crippen molar-refractivity contribution >= 4 is 21.9 Å². The first-order chi connectivity index (χ1) is 12.6. The largest absolute Gasteiger partial charge is 0.479 e. The standard InChI is InChI=1S/C19H22N2O5S/c1-13(2)21(3)27(25,26)16-11-9-15(10-12-16)18(22)20-17(19(23)24)14-7-5-4-6-8-14/h4-13,17H,1-3H3,(H,20,22)(H,23,24). The van der Waals surface area contributed by atoms with E-state index in [0.717, 1.165) is 0 Å². The molecule has 0 aromatic heterocycles. The first kappa shape index (κ1) is 20.6. The number of carbonyl (C=O) groups is 2. The number of carbonyl (C=O) groups excluding carboxylic acids is 1. The molecule has 0 aliphatic rings. The summed E-state index contributed by atoms with van der Waals surface area (Å²) in [7, 11) is -2.17. The number of sulfonamides is 1. The van der Waals surface area contributed by atoms with E-state index in [1.165, 1.54) is 35.6 Å². The summed E-state index contributed by atoms with van der Waals surface area (Å²) in [5.74, 6) is -1.79. The fourth-order valence-electron chi connectivity index (χ4n) is 2.37. The smallest absolute Gasteiger partial charge is 0.330 e. The molecule has 2 rings (SSSR count). The van der Waals surface area contributed by atoms with Gasteiger partial charge in [-0.05, 0) is 43.7 Å². The molecule has 0 fully saturated rings. The Balaban J connectivity index is 2.21. The SMILES string of the molecule is CC(C)N(C)S(=O)(=O)c1ccc(C(=O)NC(C(=O)O)c2ccccc2)cc1. The highest BCUT2D eigenvalue weighted by atomic mass is 32.2. The van der Waals surface area contributed by atoms with Gasteiger partial charge in [0, 0.05) is 18.7 Å². The summed E-state index contributed by atoms with van der Waals surface area (Å²) >= 11 is 0. The van der Waals surface area contributed by atoms with Crippen molar-refractivity contribution in [3.63, 3.8) is 0 Å². The van der Waals surface area contributed by atoms with Crippen molar-refractivity contribution in [3.8, 4) is 0 Å². The van der Waals surface area contributed by atoms with Crippen LogP contribution in [-0.2, 0) is 14.8 Å². The van der Waals surface area contributed by atoms with Crippen LogP contribution in [-0.4, -0.2) is 42.8 Å². The van der Waals surface area contributed by atoms with E-state index in [1.807, 2.05) is 0 Å². The number of hydrogen-bond donors (Lipinski definition) is 2. The highest BCUT2D eigenvalue weighted by molar-refractivity contribution is 7.89. The lowest BCUT2D eigenvalue weighted by atomic mass is 10.1. The van der Waals surface area contributed by atoms with Gasteiger partial charge in [-0.1, -0.05) is 30.3 Å². The number of nitrogens with zero attached hydrogens (tertiary/aromatic N) is 1. The average molecular weight is 390 g/mol. The molecule has 0 spiro atoms. The molecule has 0 saturated carbocycles. The van der Waals surface area contributed by atoms with Crippen molar-refractivity contribution in [1.82, 2.24) is 9.62 Å². The molecular formula is C19H22N2O5S. The van der Waals surface area contributed by atoms with Gasteiger partial charge in [-0.15, -0.1) is 0 Å². The molecular weight excluding hydrogens is 368 g/mol. The van der Waals surface area contributed by atoms with Crippen LogP contribution in [0.5, 0.6) is 0 Å². The lowest BCUT2D eigenvalue weighted by Gasteiger charge is -2.21. The summed E-state index contributed by atoms with van der Waals surface area (Å²) in [6.45, 7) is 3.52. The molecule has 2 aromatic carbocycles. The van der Waals surface area contributed by atoms with Crippen molar-refractivity contribution in [2.45, 2.75) is 30.8 Å². The predicted molar refractivity (Wildman–Crippen MR) is 101 cm³/mol. The van der Waals surface area contributed by atoms with Gasteiger partial charge in [-0.3, -0.25) is 4.79 Å². The quantitative estimate of drug-likeness (QED) is 0.755. The van der Waals surface area contributed by atoms with Crippen LogP contribution in [0.2, 0.25) is 0 Å². The predicted octanol–water partition coefficient (Wildman–Crippen LogP) is 2.27. The average Bonchev–Trinajstić information content (AvgIpc) is 2.65. The lowest BCUT2D eigenvalue weighted by Crippen LogP contribution is -2.34. The second-order valence-electron chi connectivity index (χ2n) is 6.29. The lowest BCUT2D eigenvalue weighted by molar-refractivity contribution is -0.139. The van der Waals surface area contributed by atoms with Crippen LogP contribution < -0.4 is 5.32 Å². The van der Waals surface area contributed by atoms with Crippen LogP contribution >= 0.6 is 0 Å². The Kier molecular flexibility index (Phi) is 6.35. The molecule has 2 aromatic rings. The molecule has 0 saturated heterocycles. The Labute approximate surface area is 158 Å². The highest BCUT2D eigenvalue weighted by Crippen LogP contribution is 2.18.